The molecular weight excluding hydrogens is 146 g/mol. The van der Waals surface area contributed by atoms with Crippen molar-refractivity contribution in [3.63, 3.8) is 0 Å². The van der Waals surface area contributed by atoms with Crippen molar-refractivity contribution in [3.05, 3.63) is 16.8 Å². The third-order valence-electron chi connectivity index (χ3n) is 1.30. The van der Waals surface area contributed by atoms with Crippen LogP contribution in [0.15, 0.2) is 11.1 Å². The molecule has 0 amide bonds. The van der Waals surface area contributed by atoms with Crippen molar-refractivity contribution >= 4 is 0 Å². The fourth-order valence-corrected chi connectivity index (χ4v) is 0.687. The largest absolute Gasteiger partial charge is 0.359 e. The number of aryl methyl sites for hydroxylation is 1. The summed E-state index contributed by atoms with van der Waals surface area (Å²) in [7, 11) is 1.65. The normalized spacial score (nSPS) is 10.4. The van der Waals surface area contributed by atoms with E-state index in [1.165, 1.54) is 15.6 Å². The average molecular weight is 157 g/mol. The van der Waals surface area contributed by atoms with E-state index in [0.29, 0.717) is 6.61 Å². The molecule has 0 fully saturated rings. The predicted molar refractivity (Wildman–Crippen MR) is 39.1 cm³/mol. The second kappa shape index (κ2) is 3.34. The van der Waals surface area contributed by atoms with Crippen LogP contribution in [0.4, 0.5) is 0 Å². The highest BCUT2D eigenvalue weighted by molar-refractivity contribution is 4.62. The highest BCUT2D eigenvalue weighted by Gasteiger charge is 1.98. The fraction of sp³-hybridized carbons (Fsp3) is 0.667. The van der Waals surface area contributed by atoms with Crippen LogP contribution in [0.1, 0.15) is 6.92 Å². The van der Waals surface area contributed by atoms with Gasteiger partial charge in [-0.2, -0.15) is 9.78 Å². The molecule has 0 bridgehead atoms. The summed E-state index contributed by atoms with van der Waals surface area (Å²) in [6.45, 7) is 2.69. The van der Waals surface area contributed by atoms with E-state index < -0.39 is 0 Å². The summed E-state index contributed by atoms with van der Waals surface area (Å²) in [5, 5.41) is 3.79. The minimum Gasteiger partial charge on any atom is -0.359 e. The Morgan fingerprint density at radius 3 is 2.91 bits per heavy atom. The average Bonchev–Trinajstić information content (AvgIpc) is 2.31. The zero-order valence-corrected chi connectivity index (χ0v) is 6.65. The van der Waals surface area contributed by atoms with Gasteiger partial charge in [0.25, 0.3) is 0 Å². The third kappa shape index (κ3) is 1.68. The van der Waals surface area contributed by atoms with Crippen molar-refractivity contribution < 1.29 is 4.74 Å². The molecule has 0 aromatic carbocycles. The van der Waals surface area contributed by atoms with Gasteiger partial charge < -0.3 is 4.74 Å². The Bertz CT molecular complexity index is 276. The summed E-state index contributed by atoms with van der Waals surface area (Å²) >= 11 is 0. The first kappa shape index (κ1) is 8.00. The number of rotatable bonds is 3. The van der Waals surface area contributed by atoms with Gasteiger partial charge in [0.15, 0.2) is 0 Å². The highest BCUT2D eigenvalue weighted by atomic mass is 16.5. The summed E-state index contributed by atoms with van der Waals surface area (Å²) in [5.41, 5.74) is -0.154. The second-order valence-corrected chi connectivity index (χ2v) is 2.15. The number of nitrogens with zero attached hydrogens (tertiary/aromatic N) is 3. The molecule has 5 nitrogen and oxygen atoms in total. The predicted octanol–water partition coefficient (Wildman–Crippen LogP) is -0.424. The summed E-state index contributed by atoms with van der Waals surface area (Å²) in [4.78, 5) is 11.1. The Hall–Kier alpha value is -1.10. The van der Waals surface area contributed by atoms with E-state index in [1.54, 1.807) is 7.05 Å². The second-order valence-electron chi connectivity index (χ2n) is 2.15. The standard InChI is InChI=1S/C6H11N3O2/c1-3-11-5-9-6(10)8(2)4-7-9/h4H,3,5H2,1-2H3. The van der Waals surface area contributed by atoms with E-state index >= 15 is 0 Å². The van der Waals surface area contributed by atoms with Crippen molar-refractivity contribution in [2.75, 3.05) is 6.61 Å². The van der Waals surface area contributed by atoms with Gasteiger partial charge in [0, 0.05) is 13.7 Å². The van der Waals surface area contributed by atoms with E-state index in [2.05, 4.69) is 5.10 Å². The molecule has 0 saturated heterocycles. The molecule has 0 N–H and O–H groups in total. The minimum absolute atomic E-state index is 0.154. The first-order valence-corrected chi connectivity index (χ1v) is 3.42. The number of hydrogen-bond acceptors (Lipinski definition) is 3. The molecule has 1 aromatic heterocycles. The first-order chi connectivity index (χ1) is 5.25. The molecule has 0 aliphatic carbocycles. The van der Waals surface area contributed by atoms with Crippen LogP contribution in [0.25, 0.3) is 0 Å². The van der Waals surface area contributed by atoms with Gasteiger partial charge in [0.1, 0.15) is 13.1 Å². The van der Waals surface area contributed by atoms with Gasteiger partial charge in [0.2, 0.25) is 0 Å². The Balaban J connectivity index is 2.71. The van der Waals surface area contributed by atoms with Crippen LogP contribution >= 0.6 is 0 Å². The Morgan fingerprint density at radius 2 is 2.45 bits per heavy atom. The van der Waals surface area contributed by atoms with Crippen molar-refractivity contribution in [2.45, 2.75) is 13.7 Å². The first-order valence-electron chi connectivity index (χ1n) is 3.42. The van der Waals surface area contributed by atoms with Crippen LogP contribution in [0.5, 0.6) is 0 Å². The van der Waals surface area contributed by atoms with Gasteiger partial charge in [-0.3, -0.25) is 4.57 Å². The van der Waals surface area contributed by atoms with Crippen molar-refractivity contribution in [2.24, 2.45) is 7.05 Å². The molecule has 1 aromatic rings. The molecule has 0 radical (unpaired) electrons. The lowest BCUT2D eigenvalue weighted by molar-refractivity contribution is 0.0762. The van der Waals surface area contributed by atoms with E-state index in [0.717, 1.165) is 0 Å². The van der Waals surface area contributed by atoms with Crippen LogP contribution < -0.4 is 5.69 Å². The van der Waals surface area contributed by atoms with Gasteiger partial charge in [-0.25, -0.2) is 4.79 Å². The minimum atomic E-state index is -0.154. The smallest absolute Gasteiger partial charge is 0.347 e. The quantitative estimate of drug-likeness (QED) is 0.598. The van der Waals surface area contributed by atoms with Crippen LogP contribution in [0, 0.1) is 0 Å². The molecule has 0 spiro atoms. The molecule has 5 heteroatoms. The maximum atomic E-state index is 11.1. The van der Waals surface area contributed by atoms with Crippen molar-refractivity contribution in [1.29, 1.82) is 0 Å². The highest BCUT2D eigenvalue weighted by Crippen LogP contribution is 1.78. The number of aromatic nitrogens is 3. The van der Waals surface area contributed by atoms with E-state index in [9.17, 15) is 4.79 Å². The summed E-state index contributed by atoms with van der Waals surface area (Å²) in [6, 6.07) is 0. The Kier molecular flexibility index (Phi) is 2.43. The molecule has 1 heterocycles. The van der Waals surface area contributed by atoms with Gasteiger partial charge in [-0.05, 0) is 6.92 Å². The lowest BCUT2D eigenvalue weighted by atomic mass is 10.9. The summed E-state index contributed by atoms with van der Waals surface area (Å²) in [6.07, 6.45) is 1.46. The molecule has 0 unspecified atom stereocenters. The number of hydrogen-bond donors (Lipinski definition) is 0. The molecule has 62 valence electrons. The summed E-state index contributed by atoms with van der Waals surface area (Å²) < 4.78 is 7.67. The van der Waals surface area contributed by atoms with Crippen molar-refractivity contribution in [3.8, 4) is 0 Å². The molecule has 11 heavy (non-hydrogen) atoms. The zero-order chi connectivity index (χ0) is 8.27. The maximum Gasteiger partial charge on any atom is 0.347 e. The Labute approximate surface area is 64.2 Å². The zero-order valence-electron chi connectivity index (χ0n) is 6.65. The lowest BCUT2D eigenvalue weighted by Crippen LogP contribution is -2.24. The SMILES string of the molecule is CCOCn1ncn(C)c1=O. The molecule has 0 aliphatic rings. The van der Waals surface area contributed by atoms with Crippen LogP contribution in [-0.2, 0) is 18.5 Å². The molecule has 0 saturated carbocycles. The molecular formula is C6H11N3O2. The van der Waals surface area contributed by atoms with Gasteiger partial charge >= 0.3 is 5.69 Å². The Morgan fingerprint density at radius 1 is 1.73 bits per heavy atom. The number of ether oxygens (including phenoxy) is 1. The van der Waals surface area contributed by atoms with Gasteiger partial charge in [0.05, 0.1) is 0 Å². The van der Waals surface area contributed by atoms with Gasteiger partial charge in [-0.1, -0.05) is 0 Å². The monoisotopic (exact) mass is 157 g/mol. The van der Waals surface area contributed by atoms with Gasteiger partial charge in [-0.15, -0.1) is 0 Å². The lowest BCUT2D eigenvalue weighted by Gasteiger charge is -1.97. The fourth-order valence-electron chi connectivity index (χ4n) is 0.687. The molecule has 0 aliphatic heterocycles. The summed E-state index contributed by atoms with van der Waals surface area (Å²) in [5.74, 6) is 0. The van der Waals surface area contributed by atoms with E-state index in [-0.39, 0.29) is 12.4 Å². The molecule has 1 rings (SSSR count). The maximum absolute atomic E-state index is 11.1. The van der Waals surface area contributed by atoms with E-state index in [1.807, 2.05) is 6.92 Å². The van der Waals surface area contributed by atoms with Crippen LogP contribution in [0.3, 0.4) is 0 Å². The topological polar surface area (TPSA) is 49.0 Å². The third-order valence-corrected chi connectivity index (χ3v) is 1.30. The van der Waals surface area contributed by atoms with E-state index in [4.69, 9.17) is 4.74 Å². The van der Waals surface area contributed by atoms with Crippen LogP contribution in [-0.4, -0.2) is 21.0 Å². The molecule has 0 atom stereocenters. The van der Waals surface area contributed by atoms with Crippen LogP contribution in [0.2, 0.25) is 0 Å². The van der Waals surface area contributed by atoms with Crippen molar-refractivity contribution in [1.82, 2.24) is 14.3 Å².